The number of nitrogens with zero attached hydrogens (tertiary/aromatic N) is 4. The van der Waals surface area contributed by atoms with Crippen LogP contribution in [0.15, 0.2) is 53.8 Å². The molecule has 0 radical (unpaired) electrons. The molecule has 1 aliphatic heterocycles. The number of methoxy groups -OCH3 is 2. The third-order valence-corrected chi connectivity index (χ3v) is 8.13. The molecule has 7 nitrogen and oxygen atoms in total. The van der Waals surface area contributed by atoms with Crippen molar-refractivity contribution in [2.24, 2.45) is 0 Å². The van der Waals surface area contributed by atoms with E-state index in [0.717, 1.165) is 78.1 Å². The first kappa shape index (κ1) is 25.7. The van der Waals surface area contributed by atoms with Crippen molar-refractivity contribution in [2.75, 3.05) is 45.8 Å². The second kappa shape index (κ2) is 11.6. The van der Waals surface area contributed by atoms with Crippen molar-refractivity contribution >= 4 is 40.1 Å². The fourth-order valence-electron chi connectivity index (χ4n) is 4.79. The van der Waals surface area contributed by atoms with E-state index in [0.29, 0.717) is 10.8 Å². The smallest absolute Gasteiger partial charge is 0.166 e. The van der Waals surface area contributed by atoms with Gasteiger partial charge < -0.3 is 19.4 Å². The Morgan fingerprint density at radius 1 is 1.11 bits per heavy atom. The predicted octanol–water partition coefficient (Wildman–Crippen LogP) is 5.81. The Labute approximate surface area is 227 Å². The number of fused-ring (bicyclic) bond motifs is 2. The minimum absolute atomic E-state index is 0.655. The van der Waals surface area contributed by atoms with Crippen LogP contribution in [0.3, 0.4) is 0 Å². The van der Waals surface area contributed by atoms with Crippen LogP contribution in [-0.2, 0) is 18.7 Å². The molecule has 2 aromatic heterocycles. The number of aromatic nitrogens is 3. The average molecular weight is 538 g/mol. The fraction of sp³-hybridized carbons (Fsp3) is 0.357. The molecule has 1 aliphatic rings. The quantitative estimate of drug-likeness (QED) is 0.256. The molecule has 0 aliphatic carbocycles. The number of imidazole rings is 1. The molecule has 0 bridgehead atoms. The molecule has 2 aromatic carbocycles. The van der Waals surface area contributed by atoms with Crippen molar-refractivity contribution in [3.05, 3.63) is 70.5 Å². The normalized spacial score (nSPS) is 13.5. The zero-order valence-electron chi connectivity index (χ0n) is 21.5. The summed E-state index contributed by atoms with van der Waals surface area (Å²) in [5.74, 6) is 2.26. The molecule has 3 heterocycles. The molecular weight excluding hydrogens is 506 g/mol. The van der Waals surface area contributed by atoms with Crippen LogP contribution in [0.1, 0.15) is 23.2 Å². The molecule has 1 N–H and O–H groups in total. The van der Waals surface area contributed by atoms with Crippen molar-refractivity contribution in [1.29, 1.82) is 0 Å². The number of halogens is 1. The van der Waals surface area contributed by atoms with E-state index >= 15 is 0 Å². The lowest BCUT2D eigenvalue weighted by molar-refractivity contribution is 0.250. The Kier molecular flexibility index (Phi) is 8.08. The van der Waals surface area contributed by atoms with Gasteiger partial charge in [0.05, 0.1) is 41.7 Å². The Morgan fingerprint density at radius 3 is 2.68 bits per heavy atom. The molecule has 0 fully saturated rings. The first-order valence-electron chi connectivity index (χ1n) is 12.4. The lowest BCUT2D eigenvalue weighted by Gasteiger charge is -2.30. The summed E-state index contributed by atoms with van der Waals surface area (Å²) in [5.41, 5.74) is 6.55. The van der Waals surface area contributed by atoms with Gasteiger partial charge in [-0.15, -0.1) is 0 Å². The summed E-state index contributed by atoms with van der Waals surface area (Å²) >= 11 is 8.42. The number of anilines is 1. The molecule has 0 unspecified atom stereocenters. The average Bonchev–Trinajstić information content (AvgIpc) is 3.34. The molecule has 9 heteroatoms. The van der Waals surface area contributed by atoms with Crippen LogP contribution in [0.25, 0.3) is 11.0 Å². The minimum atomic E-state index is 0.655. The number of hydrogen-bond acceptors (Lipinski definition) is 7. The van der Waals surface area contributed by atoms with Crippen LogP contribution in [0, 0.1) is 0 Å². The molecule has 37 heavy (non-hydrogen) atoms. The molecule has 0 saturated heterocycles. The second-order valence-electron chi connectivity index (χ2n) is 9.22. The highest BCUT2D eigenvalue weighted by Crippen LogP contribution is 2.34. The van der Waals surface area contributed by atoms with Gasteiger partial charge in [-0.1, -0.05) is 35.5 Å². The van der Waals surface area contributed by atoms with Crippen molar-refractivity contribution in [1.82, 2.24) is 19.9 Å². The Hall–Kier alpha value is -2.94. The summed E-state index contributed by atoms with van der Waals surface area (Å²) in [7, 11) is 5.47. The van der Waals surface area contributed by atoms with E-state index in [1.165, 1.54) is 11.1 Å². The zero-order valence-corrected chi connectivity index (χ0v) is 23.0. The molecule has 0 atom stereocenters. The van der Waals surface area contributed by atoms with Gasteiger partial charge in [0.25, 0.3) is 0 Å². The van der Waals surface area contributed by atoms with Crippen LogP contribution in [-0.4, -0.2) is 60.8 Å². The van der Waals surface area contributed by atoms with E-state index < -0.39 is 0 Å². The van der Waals surface area contributed by atoms with Gasteiger partial charge in [-0.2, -0.15) is 0 Å². The summed E-state index contributed by atoms with van der Waals surface area (Å²) < 4.78 is 11.0. The van der Waals surface area contributed by atoms with Gasteiger partial charge in [0.2, 0.25) is 0 Å². The Balaban J connectivity index is 1.15. The number of benzene rings is 2. The van der Waals surface area contributed by atoms with Crippen LogP contribution >= 0.6 is 23.4 Å². The van der Waals surface area contributed by atoms with Crippen molar-refractivity contribution in [3.8, 4) is 11.5 Å². The van der Waals surface area contributed by atoms with Gasteiger partial charge in [-0.25, -0.2) is 4.98 Å². The van der Waals surface area contributed by atoms with Crippen LogP contribution in [0.2, 0.25) is 5.02 Å². The molecule has 4 aromatic rings. The van der Waals surface area contributed by atoms with Crippen molar-refractivity contribution in [2.45, 2.75) is 30.3 Å². The third-order valence-electron chi connectivity index (χ3n) is 6.83. The largest absolute Gasteiger partial charge is 0.493 e. The van der Waals surface area contributed by atoms with Crippen molar-refractivity contribution in [3.63, 3.8) is 0 Å². The number of aromatic amines is 1. The standard InChI is InChI=1S/C28H32ClN5O2S/c1-33(12-6-13-34-14-10-19-15-25(35-2)26(36-3)16-20(19)17-34)24-9-11-30-23(27(24)29)18-37-28-31-21-7-4-5-8-22(21)32-28/h4-5,7-9,11,15-16H,6,10,12-14,17-18H2,1-3H3,(H,31,32). The second-order valence-corrected chi connectivity index (χ2v) is 10.6. The number of H-pyrrole nitrogens is 1. The molecule has 194 valence electrons. The van der Waals surface area contributed by atoms with E-state index in [4.69, 9.17) is 21.1 Å². The Morgan fingerprint density at radius 2 is 1.89 bits per heavy atom. The maximum atomic E-state index is 6.81. The molecule has 0 spiro atoms. The first-order chi connectivity index (χ1) is 18.1. The van der Waals surface area contributed by atoms with E-state index in [-0.39, 0.29) is 0 Å². The summed E-state index contributed by atoms with van der Waals surface area (Å²) in [6.07, 6.45) is 3.91. The van der Waals surface area contributed by atoms with Gasteiger partial charge in [0, 0.05) is 45.2 Å². The minimum Gasteiger partial charge on any atom is -0.493 e. The highest BCUT2D eigenvalue weighted by atomic mass is 35.5. The Bertz CT molecular complexity index is 1350. The van der Waals surface area contributed by atoms with E-state index in [1.54, 1.807) is 26.0 Å². The predicted molar refractivity (Wildman–Crippen MR) is 151 cm³/mol. The SMILES string of the molecule is COc1cc2c(cc1OC)CN(CCCN(C)c1ccnc(CSc3nc4ccccc4[nH]3)c1Cl)CC2. The first-order valence-corrected chi connectivity index (χ1v) is 13.8. The number of nitrogens with one attached hydrogen (secondary N) is 1. The highest BCUT2D eigenvalue weighted by Gasteiger charge is 2.20. The van der Waals surface area contributed by atoms with Gasteiger partial charge in [-0.05, 0) is 54.3 Å². The van der Waals surface area contributed by atoms with Gasteiger partial charge in [0.15, 0.2) is 16.7 Å². The van der Waals surface area contributed by atoms with Crippen LogP contribution < -0.4 is 14.4 Å². The fourth-order valence-corrected chi connectivity index (χ4v) is 6.03. The molecule has 5 rings (SSSR count). The number of rotatable bonds is 10. The zero-order chi connectivity index (χ0) is 25.8. The summed E-state index contributed by atoms with van der Waals surface area (Å²) in [4.78, 5) is 17.3. The molecular formula is C28H32ClN5O2S. The molecule has 0 saturated carbocycles. The number of ether oxygens (including phenoxy) is 2. The van der Waals surface area contributed by atoms with Gasteiger partial charge in [-0.3, -0.25) is 9.88 Å². The topological polar surface area (TPSA) is 66.5 Å². The number of hydrogen-bond donors (Lipinski definition) is 1. The summed E-state index contributed by atoms with van der Waals surface area (Å²) in [6, 6.07) is 14.3. The molecule has 0 amide bonds. The van der Waals surface area contributed by atoms with E-state index in [1.807, 2.05) is 36.5 Å². The third kappa shape index (κ3) is 5.81. The van der Waals surface area contributed by atoms with E-state index in [9.17, 15) is 0 Å². The maximum absolute atomic E-state index is 6.81. The van der Waals surface area contributed by atoms with Crippen LogP contribution in [0.5, 0.6) is 11.5 Å². The lowest BCUT2D eigenvalue weighted by Crippen LogP contribution is -2.33. The van der Waals surface area contributed by atoms with Gasteiger partial charge in [0.1, 0.15) is 0 Å². The number of pyridine rings is 1. The van der Waals surface area contributed by atoms with Gasteiger partial charge >= 0.3 is 0 Å². The van der Waals surface area contributed by atoms with Crippen LogP contribution in [0.4, 0.5) is 5.69 Å². The summed E-state index contributed by atoms with van der Waals surface area (Å²) in [6.45, 7) is 3.91. The van der Waals surface area contributed by atoms with Crippen molar-refractivity contribution < 1.29 is 9.47 Å². The highest BCUT2D eigenvalue weighted by molar-refractivity contribution is 7.98. The maximum Gasteiger partial charge on any atom is 0.166 e. The monoisotopic (exact) mass is 537 g/mol. The number of para-hydroxylation sites is 2. The number of thioether (sulfide) groups is 1. The lowest BCUT2D eigenvalue weighted by atomic mass is 9.98. The summed E-state index contributed by atoms with van der Waals surface area (Å²) in [5, 5.41) is 1.58. The van der Waals surface area contributed by atoms with E-state index in [2.05, 4.69) is 43.9 Å².